The zero-order chi connectivity index (χ0) is 15.2. The minimum atomic E-state index is -3.14. The van der Waals surface area contributed by atoms with Gasteiger partial charge in [-0.2, -0.15) is 0 Å². The van der Waals surface area contributed by atoms with Crippen molar-refractivity contribution in [3.8, 4) is 0 Å². The number of amides is 1. The fourth-order valence-electron chi connectivity index (χ4n) is 1.79. The minimum Gasteiger partial charge on any atom is -0.383 e. The predicted octanol–water partition coefficient (Wildman–Crippen LogP) is 1.28. The van der Waals surface area contributed by atoms with Crippen LogP contribution in [0.4, 0.5) is 5.69 Å². The third kappa shape index (κ3) is 6.56. The number of para-hydroxylation sites is 1. The number of hydrogen-bond acceptors (Lipinski definition) is 4. The molecule has 1 aromatic carbocycles. The fourth-order valence-corrected chi connectivity index (χ4v) is 2.85. The second-order valence-electron chi connectivity index (χ2n) is 5.15. The van der Waals surface area contributed by atoms with E-state index in [0.29, 0.717) is 6.54 Å². The number of carbonyl (C=O) groups is 1. The Morgan fingerprint density at radius 3 is 2.35 bits per heavy atom. The highest BCUT2D eigenvalue weighted by molar-refractivity contribution is 7.90. The second kappa shape index (κ2) is 7.28. The maximum atomic E-state index is 11.8. The molecule has 0 saturated heterocycles. The van der Waals surface area contributed by atoms with Crippen LogP contribution in [0, 0.1) is 5.92 Å². The first-order chi connectivity index (χ1) is 9.28. The molecule has 0 aromatic heterocycles. The molecule has 0 spiro atoms. The lowest BCUT2D eigenvalue weighted by molar-refractivity contribution is -0.124. The van der Waals surface area contributed by atoms with Gasteiger partial charge in [-0.1, -0.05) is 25.1 Å². The molecule has 2 atom stereocenters. The molecule has 6 heteroatoms. The highest BCUT2D eigenvalue weighted by Crippen LogP contribution is 2.05. The first-order valence-corrected chi connectivity index (χ1v) is 8.61. The lowest BCUT2D eigenvalue weighted by atomic mass is 10.2. The van der Waals surface area contributed by atoms with E-state index in [4.69, 9.17) is 0 Å². The largest absolute Gasteiger partial charge is 0.383 e. The summed E-state index contributed by atoms with van der Waals surface area (Å²) in [5.41, 5.74) is 0.984. The number of anilines is 1. The Kier molecular flexibility index (Phi) is 6.01. The molecule has 0 radical (unpaired) electrons. The Labute approximate surface area is 120 Å². The van der Waals surface area contributed by atoms with Gasteiger partial charge < -0.3 is 10.6 Å². The van der Waals surface area contributed by atoms with Crippen LogP contribution < -0.4 is 10.6 Å². The maximum absolute atomic E-state index is 11.8. The Morgan fingerprint density at radius 2 is 1.80 bits per heavy atom. The molecule has 0 saturated carbocycles. The van der Waals surface area contributed by atoms with Crippen molar-refractivity contribution in [2.45, 2.75) is 19.9 Å². The molecule has 5 nitrogen and oxygen atoms in total. The van der Waals surface area contributed by atoms with E-state index in [-0.39, 0.29) is 17.7 Å². The van der Waals surface area contributed by atoms with E-state index in [1.807, 2.05) is 37.3 Å². The van der Waals surface area contributed by atoms with Crippen molar-refractivity contribution in [3.05, 3.63) is 30.3 Å². The standard InChI is InChI=1S/C14H22N2O3S/c1-11(10-20(3,18)19)14(17)16-12(2)9-15-13-7-5-4-6-8-13/h4-8,11-12,15H,9-10H2,1-3H3,(H,16,17)/t11-,12-/m1/s1. The topological polar surface area (TPSA) is 75.3 Å². The molecule has 112 valence electrons. The fraction of sp³-hybridized carbons (Fsp3) is 0.500. The third-order valence-corrected chi connectivity index (χ3v) is 3.88. The van der Waals surface area contributed by atoms with Gasteiger partial charge in [0, 0.05) is 30.4 Å². The minimum absolute atomic E-state index is 0.0790. The zero-order valence-corrected chi connectivity index (χ0v) is 12.9. The van der Waals surface area contributed by atoms with Gasteiger partial charge in [-0.05, 0) is 19.1 Å². The highest BCUT2D eigenvalue weighted by Gasteiger charge is 2.19. The average Bonchev–Trinajstić information content (AvgIpc) is 2.35. The van der Waals surface area contributed by atoms with Crippen molar-refractivity contribution < 1.29 is 13.2 Å². The summed E-state index contributed by atoms with van der Waals surface area (Å²) in [7, 11) is -3.14. The maximum Gasteiger partial charge on any atom is 0.224 e. The number of sulfone groups is 1. The lowest BCUT2D eigenvalue weighted by Crippen LogP contribution is -2.41. The van der Waals surface area contributed by atoms with E-state index >= 15 is 0 Å². The summed E-state index contributed by atoms with van der Waals surface area (Å²) in [5, 5.41) is 6.01. The molecule has 20 heavy (non-hydrogen) atoms. The smallest absolute Gasteiger partial charge is 0.224 e. The van der Waals surface area contributed by atoms with Crippen molar-refractivity contribution in [2.75, 3.05) is 23.9 Å². The van der Waals surface area contributed by atoms with Crippen molar-refractivity contribution in [2.24, 2.45) is 5.92 Å². The number of hydrogen-bond donors (Lipinski definition) is 2. The van der Waals surface area contributed by atoms with Crippen LogP contribution in [0.15, 0.2) is 30.3 Å². The van der Waals surface area contributed by atoms with E-state index in [2.05, 4.69) is 10.6 Å². The summed E-state index contributed by atoms with van der Waals surface area (Å²) in [6.07, 6.45) is 1.14. The molecule has 0 unspecified atom stereocenters. The van der Waals surface area contributed by atoms with E-state index in [1.54, 1.807) is 6.92 Å². The summed E-state index contributed by atoms with van der Waals surface area (Å²) in [5.74, 6) is -0.903. The summed E-state index contributed by atoms with van der Waals surface area (Å²) >= 11 is 0. The molecule has 0 heterocycles. The van der Waals surface area contributed by atoms with Gasteiger partial charge in [-0.25, -0.2) is 8.42 Å². The normalized spacial score (nSPS) is 14.3. The van der Waals surface area contributed by atoms with E-state index < -0.39 is 15.8 Å². The Bertz CT molecular complexity index is 529. The quantitative estimate of drug-likeness (QED) is 0.795. The van der Waals surface area contributed by atoms with Crippen LogP contribution in [-0.4, -0.2) is 38.9 Å². The number of rotatable bonds is 7. The SMILES string of the molecule is C[C@H](CNc1ccccc1)NC(=O)[C@H](C)CS(C)(=O)=O. The first-order valence-electron chi connectivity index (χ1n) is 6.55. The van der Waals surface area contributed by atoms with Gasteiger partial charge in [0.1, 0.15) is 9.84 Å². The molecule has 0 aliphatic carbocycles. The second-order valence-corrected chi connectivity index (χ2v) is 7.33. The van der Waals surface area contributed by atoms with Gasteiger partial charge in [0.05, 0.1) is 5.75 Å². The van der Waals surface area contributed by atoms with Crippen molar-refractivity contribution in [1.29, 1.82) is 0 Å². The monoisotopic (exact) mass is 298 g/mol. The van der Waals surface area contributed by atoms with Crippen LogP contribution in [-0.2, 0) is 14.6 Å². The molecule has 0 aliphatic heterocycles. The van der Waals surface area contributed by atoms with Crippen LogP contribution in [0.25, 0.3) is 0 Å². The molecule has 1 rings (SSSR count). The molecule has 1 amide bonds. The summed E-state index contributed by atoms with van der Waals surface area (Å²) in [4.78, 5) is 11.8. The Hall–Kier alpha value is -1.56. The molecule has 2 N–H and O–H groups in total. The van der Waals surface area contributed by atoms with Gasteiger partial charge in [-0.3, -0.25) is 4.79 Å². The van der Waals surface area contributed by atoms with Crippen LogP contribution in [0.5, 0.6) is 0 Å². The number of nitrogens with one attached hydrogen (secondary N) is 2. The van der Waals surface area contributed by atoms with Gasteiger partial charge in [-0.15, -0.1) is 0 Å². The molecule has 0 aliphatic rings. The van der Waals surface area contributed by atoms with Crippen molar-refractivity contribution in [3.63, 3.8) is 0 Å². The summed E-state index contributed by atoms with van der Waals surface area (Å²) < 4.78 is 22.3. The van der Waals surface area contributed by atoms with E-state index in [1.165, 1.54) is 0 Å². The van der Waals surface area contributed by atoms with Crippen LogP contribution in [0.2, 0.25) is 0 Å². The third-order valence-electron chi connectivity index (χ3n) is 2.78. The molecule has 0 bridgehead atoms. The summed E-state index contributed by atoms with van der Waals surface area (Å²) in [6, 6.07) is 9.61. The van der Waals surface area contributed by atoms with E-state index in [9.17, 15) is 13.2 Å². The van der Waals surface area contributed by atoms with Crippen LogP contribution in [0.1, 0.15) is 13.8 Å². The number of benzene rings is 1. The Balaban J connectivity index is 2.38. The first kappa shape index (κ1) is 16.5. The molecular weight excluding hydrogens is 276 g/mol. The summed E-state index contributed by atoms with van der Waals surface area (Å²) in [6.45, 7) is 4.08. The molecular formula is C14H22N2O3S. The average molecular weight is 298 g/mol. The zero-order valence-electron chi connectivity index (χ0n) is 12.1. The number of carbonyl (C=O) groups excluding carboxylic acids is 1. The van der Waals surface area contributed by atoms with E-state index in [0.717, 1.165) is 11.9 Å². The van der Waals surface area contributed by atoms with Gasteiger partial charge in [0.2, 0.25) is 5.91 Å². The van der Waals surface area contributed by atoms with Crippen molar-refractivity contribution >= 4 is 21.4 Å². The van der Waals surface area contributed by atoms with Crippen molar-refractivity contribution in [1.82, 2.24) is 5.32 Å². The van der Waals surface area contributed by atoms with Crippen LogP contribution in [0.3, 0.4) is 0 Å². The van der Waals surface area contributed by atoms with Gasteiger partial charge >= 0.3 is 0 Å². The lowest BCUT2D eigenvalue weighted by Gasteiger charge is -2.18. The molecule has 1 aromatic rings. The molecule has 0 fully saturated rings. The Morgan fingerprint density at radius 1 is 1.20 bits per heavy atom. The predicted molar refractivity (Wildman–Crippen MR) is 81.4 cm³/mol. The van der Waals surface area contributed by atoms with Gasteiger partial charge in [0.25, 0.3) is 0 Å². The van der Waals surface area contributed by atoms with Crippen LogP contribution >= 0.6 is 0 Å². The highest BCUT2D eigenvalue weighted by atomic mass is 32.2. The van der Waals surface area contributed by atoms with Gasteiger partial charge in [0.15, 0.2) is 0 Å².